The van der Waals surface area contributed by atoms with E-state index in [2.05, 4.69) is 60.7 Å². The zero-order valence-electron chi connectivity index (χ0n) is 17.2. The molecule has 0 aliphatic rings. The van der Waals surface area contributed by atoms with Crippen molar-refractivity contribution in [1.29, 1.82) is 0 Å². The highest BCUT2D eigenvalue weighted by Gasteiger charge is 2.37. The monoisotopic (exact) mass is 423 g/mol. The fourth-order valence-corrected chi connectivity index (χ4v) is 4.97. The van der Waals surface area contributed by atoms with Crippen molar-refractivity contribution in [3.63, 3.8) is 0 Å². The Hall–Kier alpha value is -2.31. The first-order chi connectivity index (χ1) is 14.7. The summed E-state index contributed by atoms with van der Waals surface area (Å²) in [4.78, 5) is 0. The summed E-state index contributed by atoms with van der Waals surface area (Å²) in [6.45, 7) is 0.721. The lowest BCUT2D eigenvalue weighted by Crippen LogP contribution is -2.34. The molecule has 0 saturated heterocycles. The third-order valence-electron chi connectivity index (χ3n) is 4.94. The predicted octanol–water partition coefficient (Wildman–Crippen LogP) is 4.06. The Balaban J connectivity index is 2.05. The Bertz CT molecular complexity index is 832. The van der Waals surface area contributed by atoms with Gasteiger partial charge in [-0.2, -0.15) is 0 Å². The molecule has 0 heterocycles. The molecule has 0 aliphatic heterocycles. The van der Waals surface area contributed by atoms with Crippen molar-refractivity contribution in [3.05, 3.63) is 102 Å². The first-order valence-electron chi connectivity index (χ1n) is 10.0. The number of benzene rings is 3. The smallest absolute Gasteiger partial charge is 0.118 e. The molecule has 0 aromatic heterocycles. The molecule has 1 atom stereocenters. The molecule has 3 rings (SSSR count). The number of aliphatic hydroxyl groups excluding tert-OH is 1. The molecule has 5 heteroatoms. The SMILES string of the molecule is COc1ccc(C(SC[C@H](N)COCCO)(c2ccccc2)c2ccccc2)cc1. The second kappa shape index (κ2) is 11.2. The van der Waals surface area contributed by atoms with Crippen molar-refractivity contribution in [2.24, 2.45) is 5.73 Å². The molecule has 0 unspecified atom stereocenters. The van der Waals surface area contributed by atoms with Crippen molar-refractivity contribution in [2.75, 3.05) is 32.7 Å². The lowest BCUT2D eigenvalue weighted by atomic mass is 9.84. The maximum atomic E-state index is 8.95. The first-order valence-corrected chi connectivity index (χ1v) is 11.0. The first kappa shape index (κ1) is 22.4. The molecule has 0 radical (unpaired) electrons. The number of aliphatic hydroxyl groups is 1. The van der Waals surface area contributed by atoms with Crippen LogP contribution in [0, 0.1) is 0 Å². The van der Waals surface area contributed by atoms with E-state index < -0.39 is 4.75 Å². The molecule has 0 fully saturated rings. The third kappa shape index (κ3) is 5.24. The number of nitrogens with two attached hydrogens (primary N) is 1. The van der Waals surface area contributed by atoms with E-state index in [1.165, 1.54) is 11.1 Å². The quantitative estimate of drug-likeness (QED) is 0.360. The van der Waals surface area contributed by atoms with E-state index >= 15 is 0 Å². The summed E-state index contributed by atoms with van der Waals surface area (Å²) in [7, 11) is 1.68. The molecule has 3 aromatic carbocycles. The number of hydrogen-bond acceptors (Lipinski definition) is 5. The molecule has 0 amide bonds. The number of thioether (sulfide) groups is 1. The average Bonchev–Trinajstić information content (AvgIpc) is 2.81. The van der Waals surface area contributed by atoms with E-state index in [9.17, 15) is 0 Å². The van der Waals surface area contributed by atoms with Crippen molar-refractivity contribution in [3.8, 4) is 5.75 Å². The molecule has 3 aromatic rings. The maximum Gasteiger partial charge on any atom is 0.118 e. The van der Waals surface area contributed by atoms with Gasteiger partial charge in [-0.25, -0.2) is 0 Å². The van der Waals surface area contributed by atoms with Gasteiger partial charge >= 0.3 is 0 Å². The second-order valence-electron chi connectivity index (χ2n) is 7.01. The van der Waals surface area contributed by atoms with Gasteiger partial charge in [-0.15, -0.1) is 11.8 Å². The van der Waals surface area contributed by atoms with E-state index in [0.29, 0.717) is 19.0 Å². The van der Waals surface area contributed by atoms with Crippen molar-refractivity contribution in [2.45, 2.75) is 10.8 Å². The topological polar surface area (TPSA) is 64.7 Å². The van der Waals surface area contributed by atoms with Gasteiger partial charge in [0.05, 0.1) is 31.7 Å². The van der Waals surface area contributed by atoms with Crippen LogP contribution in [0.25, 0.3) is 0 Å². The van der Waals surface area contributed by atoms with Gasteiger partial charge in [-0.05, 0) is 28.8 Å². The summed E-state index contributed by atoms with van der Waals surface area (Å²) < 4.78 is 10.4. The summed E-state index contributed by atoms with van der Waals surface area (Å²) in [6, 6.07) is 29.1. The third-order valence-corrected chi connectivity index (χ3v) is 6.67. The highest BCUT2D eigenvalue weighted by atomic mass is 32.2. The van der Waals surface area contributed by atoms with Crippen LogP contribution < -0.4 is 10.5 Å². The molecule has 0 bridgehead atoms. The molecule has 0 aliphatic carbocycles. The lowest BCUT2D eigenvalue weighted by molar-refractivity contribution is 0.0864. The van der Waals surface area contributed by atoms with Crippen molar-refractivity contribution < 1.29 is 14.6 Å². The van der Waals surface area contributed by atoms with Gasteiger partial charge in [-0.1, -0.05) is 72.8 Å². The van der Waals surface area contributed by atoms with Crippen LogP contribution in [0.1, 0.15) is 16.7 Å². The maximum absolute atomic E-state index is 8.95. The summed E-state index contributed by atoms with van der Waals surface area (Å²) in [5.41, 5.74) is 9.89. The van der Waals surface area contributed by atoms with Crippen molar-refractivity contribution >= 4 is 11.8 Å². The van der Waals surface area contributed by atoms with Gasteiger partial charge in [0.25, 0.3) is 0 Å². The summed E-state index contributed by atoms with van der Waals surface area (Å²) in [6.07, 6.45) is 0. The number of methoxy groups -OCH3 is 1. The largest absolute Gasteiger partial charge is 0.497 e. The van der Waals surface area contributed by atoms with Crippen LogP contribution >= 0.6 is 11.8 Å². The Morgan fingerprint density at radius 1 is 0.867 bits per heavy atom. The Kier molecular flexibility index (Phi) is 8.34. The minimum atomic E-state index is -0.427. The molecule has 4 nitrogen and oxygen atoms in total. The van der Waals surface area contributed by atoms with Gasteiger partial charge in [0.2, 0.25) is 0 Å². The van der Waals surface area contributed by atoms with Gasteiger partial charge in [-0.3, -0.25) is 0 Å². The zero-order valence-corrected chi connectivity index (χ0v) is 18.1. The van der Waals surface area contributed by atoms with Gasteiger partial charge in [0, 0.05) is 11.8 Å². The van der Waals surface area contributed by atoms with E-state index in [-0.39, 0.29) is 12.6 Å². The zero-order chi connectivity index (χ0) is 21.2. The highest BCUT2D eigenvalue weighted by Crippen LogP contribution is 2.48. The summed E-state index contributed by atoms with van der Waals surface area (Å²) in [5.74, 6) is 1.52. The Labute approximate surface area is 183 Å². The minimum absolute atomic E-state index is 0.00365. The van der Waals surface area contributed by atoms with Crippen LogP contribution in [0.5, 0.6) is 5.75 Å². The summed E-state index contributed by atoms with van der Waals surface area (Å²) >= 11 is 1.80. The molecular formula is C25H29NO3S. The standard InChI is InChI=1S/C25H29NO3S/c1-28-24-14-12-22(13-15-24)25(20-8-4-2-5-9-20,21-10-6-3-7-11-21)30-19-23(26)18-29-17-16-27/h2-15,23,27H,16-19,26H2,1H3/t23-/m1/s1. The van der Waals surface area contributed by atoms with Crippen molar-refractivity contribution in [1.82, 2.24) is 0 Å². The van der Waals surface area contributed by atoms with Crippen LogP contribution in [-0.2, 0) is 9.48 Å². The molecule has 158 valence electrons. The Morgan fingerprint density at radius 3 is 1.90 bits per heavy atom. The number of ether oxygens (including phenoxy) is 2. The molecule has 30 heavy (non-hydrogen) atoms. The van der Waals surface area contributed by atoms with Gasteiger partial charge in [0.1, 0.15) is 5.75 Å². The fraction of sp³-hybridized carbons (Fsp3) is 0.280. The molecule has 3 N–H and O–H groups in total. The lowest BCUT2D eigenvalue weighted by Gasteiger charge is -2.36. The van der Waals surface area contributed by atoms with Crippen LogP contribution in [0.2, 0.25) is 0 Å². The fourth-order valence-electron chi connectivity index (χ4n) is 3.50. The molecule has 0 spiro atoms. The predicted molar refractivity (Wildman–Crippen MR) is 124 cm³/mol. The normalized spacial score (nSPS) is 12.5. The van der Waals surface area contributed by atoms with Gasteiger partial charge in [0.15, 0.2) is 0 Å². The van der Waals surface area contributed by atoms with Gasteiger partial charge < -0.3 is 20.3 Å². The second-order valence-corrected chi connectivity index (χ2v) is 8.25. The summed E-state index contributed by atoms with van der Waals surface area (Å²) in [5, 5.41) is 8.95. The minimum Gasteiger partial charge on any atom is -0.497 e. The highest BCUT2D eigenvalue weighted by molar-refractivity contribution is 8.00. The van der Waals surface area contributed by atoms with E-state index in [4.69, 9.17) is 20.3 Å². The van der Waals surface area contributed by atoms with Crippen LogP contribution in [0.4, 0.5) is 0 Å². The van der Waals surface area contributed by atoms with Crippen LogP contribution in [-0.4, -0.2) is 43.8 Å². The average molecular weight is 424 g/mol. The van der Waals surface area contributed by atoms with Crippen LogP contribution in [0.15, 0.2) is 84.9 Å². The van der Waals surface area contributed by atoms with E-state index in [0.717, 1.165) is 11.3 Å². The molecular weight excluding hydrogens is 394 g/mol. The number of rotatable bonds is 11. The number of hydrogen-bond donors (Lipinski definition) is 2. The Morgan fingerprint density at radius 2 is 1.40 bits per heavy atom. The van der Waals surface area contributed by atoms with Crippen LogP contribution in [0.3, 0.4) is 0 Å². The van der Waals surface area contributed by atoms with E-state index in [1.807, 2.05) is 24.3 Å². The van der Waals surface area contributed by atoms with E-state index in [1.54, 1.807) is 18.9 Å². The molecule has 0 saturated carbocycles.